The fourth-order valence-electron chi connectivity index (χ4n) is 1.91. The lowest BCUT2D eigenvalue weighted by molar-refractivity contribution is -0.385. The Morgan fingerprint density at radius 2 is 1.91 bits per heavy atom. The van der Waals surface area contributed by atoms with Crippen molar-refractivity contribution in [2.24, 2.45) is 0 Å². The molecule has 0 radical (unpaired) electrons. The van der Waals surface area contributed by atoms with Crippen LogP contribution in [0.5, 0.6) is 0 Å². The van der Waals surface area contributed by atoms with Gasteiger partial charge in [0.2, 0.25) is 10.0 Å². The first-order chi connectivity index (χ1) is 10.8. The van der Waals surface area contributed by atoms with Gasteiger partial charge in [-0.1, -0.05) is 24.3 Å². The van der Waals surface area contributed by atoms with E-state index in [0.29, 0.717) is 5.56 Å². The van der Waals surface area contributed by atoms with E-state index in [0.717, 1.165) is 0 Å². The van der Waals surface area contributed by atoms with Gasteiger partial charge >= 0.3 is 0 Å². The summed E-state index contributed by atoms with van der Waals surface area (Å²) < 4.78 is 39.9. The third kappa shape index (κ3) is 4.81. The molecule has 0 saturated carbocycles. The van der Waals surface area contributed by atoms with Gasteiger partial charge in [0.05, 0.1) is 15.1 Å². The zero-order chi connectivity index (χ0) is 17.0. The van der Waals surface area contributed by atoms with E-state index < -0.39 is 26.5 Å². The molecule has 0 atom stereocenters. The summed E-state index contributed by atoms with van der Waals surface area (Å²) in [4.78, 5) is 10.3. The molecular formula is C14H12BrFN2O4S. The van der Waals surface area contributed by atoms with Crippen molar-refractivity contribution in [3.8, 4) is 0 Å². The number of sulfonamides is 1. The van der Waals surface area contributed by atoms with E-state index in [-0.39, 0.29) is 22.3 Å². The smallest absolute Gasteiger partial charge is 0.258 e. The first-order valence-electron chi connectivity index (χ1n) is 6.42. The number of rotatable bonds is 6. The van der Waals surface area contributed by atoms with Crippen LogP contribution in [-0.2, 0) is 22.3 Å². The molecule has 1 N–H and O–H groups in total. The minimum atomic E-state index is -3.78. The van der Waals surface area contributed by atoms with Crippen LogP contribution in [-0.4, -0.2) is 13.3 Å². The molecule has 0 aliphatic carbocycles. The number of hydrogen-bond acceptors (Lipinski definition) is 4. The number of nitrogens with one attached hydrogen (secondary N) is 1. The van der Waals surface area contributed by atoms with Crippen molar-refractivity contribution in [3.63, 3.8) is 0 Å². The van der Waals surface area contributed by atoms with Gasteiger partial charge in [-0.05, 0) is 33.6 Å². The number of para-hydroxylation sites is 1. The Kier molecular flexibility index (Phi) is 5.45. The Labute approximate surface area is 140 Å². The second-order valence-corrected chi connectivity index (χ2v) is 7.38. The van der Waals surface area contributed by atoms with Crippen molar-refractivity contribution in [3.05, 3.63) is 74.0 Å². The van der Waals surface area contributed by atoms with Gasteiger partial charge < -0.3 is 0 Å². The molecular weight excluding hydrogens is 391 g/mol. The van der Waals surface area contributed by atoms with E-state index >= 15 is 0 Å². The van der Waals surface area contributed by atoms with Crippen molar-refractivity contribution >= 4 is 31.6 Å². The Bertz CT molecular complexity index is 842. The molecule has 2 rings (SSSR count). The van der Waals surface area contributed by atoms with Crippen molar-refractivity contribution in [2.75, 3.05) is 0 Å². The summed E-state index contributed by atoms with van der Waals surface area (Å²) in [6.45, 7) is -0.0398. The van der Waals surface area contributed by atoms with Gasteiger partial charge in [-0.3, -0.25) is 10.1 Å². The molecule has 9 heteroatoms. The second kappa shape index (κ2) is 7.16. The topological polar surface area (TPSA) is 89.3 Å². The highest BCUT2D eigenvalue weighted by Gasteiger charge is 2.19. The fraction of sp³-hybridized carbons (Fsp3) is 0.143. The van der Waals surface area contributed by atoms with E-state index in [2.05, 4.69) is 20.7 Å². The molecule has 0 fully saturated rings. The lowest BCUT2D eigenvalue weighted by atomic mass is 10.2. The van der Waals surface area contributed by atoms with Gasteiger partial charge in [0.1, 0.15) is 5.82 Å². The lowest BCUT2D eigenvalue weighted by Gasteiger charge is -2.08. The Balaban J connectivity index is 2.11. The van der Waals surface area contributed by atoms with Gasteiger partial charge in [0.25, 0.3) is 5.69 Å². The third-order valence-corrected chi connectivity index (χ3v) is 4.90. The molecule has 0 aromatic heterocycles. The van der Waals surface area contributed by atoms with Crippen LogP contribution in [0.15, 0.2) is 46.9 Å². The minimum absolute atomic E-state index is 0.0398. The van der Waals surface area contributed by atoms with E-state index in [1.165, 1.54) is 42.5 Å². The molecule has 0 amide bonds. The number of nitro groups is 1. The molecule has 0 saturated heterocycles. The molecule has 122 valence electrons. The SMILES string of the molecule is O=[N+]([O-])c1ccccc1CS(=O)(=O)NCc1ccc(F)c(Br)c1. The van der Waals surface area contributed by atoms with Gasteiger partial charge in [-0.2, -0.15) is 0 Å². The zero-order valence-corrected chi connectivity index (χ0v) is 14.1. The Hall–Kier alpha value is -1.84. The quantitative estimate of drug-likeness (QED) is 0.593. The average molecular weight is 403 g/mol. The number of nitrogens with zero attached hydrogens (tertiary/aromatic N) is 1. The molecule has 23 heavy (non-hydrogen) atoms. The number of benzene rings is 2. The summed E-state index contributed by atoms with van der Waals surface area (Å²) in [6, 6.07) is 9.78. The fourth-order valence-corrected chi connectivity index (χ4v) is 3.48. The average Bonchev–Trinajstić information content (AvgIpc) is 2.48. The normalized spacial score (nSPS) is 11.4. The Morgan fingerprint density at radius 1 is 1.22 bits per heavy atom. The van der Waals surface area contributed by atoms with Crippen LogP contribution in [0.3, 0.4) is 0 Å². The predicted octanol–water partition coefficient (Wildman–Crippen LogP) is 3.12. The number of nitro benzene ring substituents is 1. The standard InChI is InChI=1S/C14H12BrFN2O4S/c15-12-7-10(5-6-13(12)16)8-17-23(21,22)9-11-3-1-2-4-14(11)18(19)20/h1-7,17H,8-9H2. The van der Waals surface area contributed by atoms with Crippen LogP contribution in [0, 0.1) is 15.9 Å². The molecule has 0 spiro atoms. The van der Waals surface area contributed by atoms with Crippen LogP contribution >= 0.6 is 15.9 Å². The molecule has 0 aliphatic rings. The highest BCUT2D eigenvalue weighted by Crippen LogP contribution is 2.20. The minimum Gasteiger partial charge on any atom is -0.258 e. The number of hydrogen-bond donors (Lipinski definition) is 1. The van der Waals surface area contributed by atoms with Gasteiger partial charge in [0.15, 0.2) is 0 Å². The maximum Gasteiger partial charge on any atom is 0.273 e. The van der Waals surface area contributed by atoms with Crippen LogP contribution in [0.2, 0.25) is 0 Å². The van der Waals surface area contributed by atoms with Crippen LogP contribution in [0.4, 0.5) is 10.1 Å². The van der Waals surface area contributed by atoms with Crippen molar-refractivity contribution in [1.82, 2.24) is 4.72 Å². The maximum atomic E-state index is 13.1. The zero-order valence-electron chi connectivity index (χ0n) is 11.7. The van der Waals surface area contributed by atoms with E-state index in [4.69, 9.17) is 0 Å². The summed E-state index contributed by atoms with van der Waals surface area (Å²) in [7, 11) is -3.78. The monoisotopic (exact) mass is 402 g/mol. The molecule has 6 nitrogen and oxygen atoms in total. The van der Waals surface area contributed by atoms with E-state index in [1.54, 1.807) is 0 Å². The lowest BCUT2D eigenvalue weighted by Crippen LogP contribution is -2.25. The summed E-state index contributed by atoms with van der Waals surface area (Å²) in [5.41, 5.74) is 0.414. The molecule has 2 aromatic carbocycles. The molecule has 0 unspecified atom stereocenters. The molecule has 0 bridgehead atoms. The van der Waals surface area contributed by atoms with Crippen molar-refractivity contribution in [1.29, 1.82) is 0 Å². The van der Waals surface area contributed by atoms with Gasteiger partial charge in [-0.25, -0.2) is 17.5 Å². The van der Waals surface area contributed by atoms with E-state index in [1.807, 2.05) is 0 Å². The predicted molar refractivity (Wildman–Crippen MR) is 86.7 cm³/mol. The van der Waals surface area contributed by atoms with Crippen LogP contribution in [0.25, 0.3) is 0 Å². The highest BCUT2D eigenvalue weighted by atomic mass is 79.9. The number of halogens is 2. The third-order valence-electron chi connectivity index (χ3n) is 3.01. The first kappa shape index (κ1) is 17.5. The molecule has 0 aliphatic heterocycles. The maximum absolute atomic E-state index is 13.1. The molecule has 2 aromatic rings. The van der Waals surface area contributed by atoms with Crippen molar-refractivity contribution in [2.45, 2.75) is 12.3 Å². The van der Waals surface area contributed by atoms with Crippen LogP contribution in [0.1, 0.15) is 11.1 Å². The summed E-state index contributed by atoms with van der Waals surface area (Å²) in [6.07, 6.45) is 0. The summed E-state index contributed by atoms with van der Waals surface area (Å²) >= 11 is 3.02. The van der Waals surface area contributed by atoms with Gasteiger partial charge in [-0.15, -0.1) is 0 Å². The van der Waals surface area contributed by atoms with E-state index in [9.17, 15) is 22.9 Å². The van der Waals surface area contributed by atoms with Crippen LogP contribution < -0.4 is 4.72 Å². The first-order valence-corrected chi connectivity index (χ1v) is 8.86. The summed E-state index contributed by atoms with van der Waals surface area (Å²) in [5.74, 6) is -0.955. The molecule has 0 heterocycles. The Morgan fingerprint density at radius 3 is 2.57 bits per heavy atom. The van der Waals surface area contributed by atoms with Gasteiger partial charge in [0, 0.05) is 18.2 Å². The largest absolute Gasteiger partial charge is 0.273 e. The highest BCUT2D eigenvalue weighted by molar-refractivity contribution is 9.10. The second-order valence-electron chi connectivity index (χ2n) is 4.71. The summed E-state index contributed by atoms with van der Waals surface area (Å²) in [5, 5.41) is 10.9. The van der Waals surface area contributed by atoms with Crippen molar-refractivity contribution < 1.29 is 17.7 Å².